The monoisotopic (exact) mass is 742 g/mol. The third kappa shape index (κ3) is 5.22. The summed E-state index contributed by atoms with van der Waals surface area (Å²) in [5.74, 6) is -5.65. The van der Waals surface area contributed by atoms with Gasteiger partial charge in [0.1, 0.15) is 22.6 Å². The van der Waals surface area contributed by atoms with Crippen molar-refractivity contribution in [1.29, 1.82) is 0 Å². The molecule has 16 nitrogen and oxygen atoms in total. The molecule has 0 atom stereocenters. The van der Waals surface area contributed by atoms with Gasteiger partial charge in [-0.25, -0.2) is 29.9 Å². The van der Waals surface area contributed by atoms with E-state index in [2.05, 4.69) is 24.9 Å². The van der Waals surface area contributed by atoms with Crippen LogP contribution in [0.5, 0.6) is 0 Å². The van der Waals surface area contributed by atoms with Gasteiger partial charge in [-0.3, -0.25) is 0 Å². The number of fused-ring (bicyclic) bond motifs is 20. The first-order chi connectivity index (χ1) is 25.0. The topological polar surface area (TPSA) is 269 Å². The van der Waals surface area contributed by atoms with Crippen LogP contribution in [0.3, 0.4) is 0 Å². The second kappa shape index (κ2) is 11.9. The van der Waals surface area contributed by atoms with Gasteiger partial charge < -0.3 is 49.6 Å². The minimum Gasteiger partial charge on any atom is -0.545 e. The van der Waals surface area contributed by atoms with E-state index in [4.69, 9.17) is 15.0 Å². The summed E-state index contributed by atoms with van der Waals surface area (Å²) in [5.41, 5.74) is 1.30. The molecule has 0 spiro atoms. The molecule has 0 radical (unpaired) electrons. The third-order valence-corrected chi connectivity index (χ3v) is 8.77. The molecule has 4 aromatic carbocycles. The van der Waals surface area contributed by atoms with Crippen molar-refractivity contribution in [1.82, 2.24) is 39.9 Å². The number of aromatic carboxylic acids is 4. The number of H-pyrrole nitrogens is 2. The number of nitrogens with zero attached hydrogens (tertiary/aromatic N) is 6. The summed E-state index contributed by atoms with van der Waals surface area (Å²) < 4.78 is 0. The number of carbonyl (C=O) groups is 4. The molecule has 5 heterocycles. The second-order valence-corrected chi connectivity index (χ2v) is 11.8. The molecule has 7 aromatic rings. The van der Waals surface area contributed by atoms with Crippen LogP contribution in [0.1, 0.15) is 41.4 Å². The van der Waals surface area contributed by atoms with Crippen LogP contribution in [0.2, 0.25) is 0 Å². The molecule has 2 aliphatic heterocycles. The van der Waals surface area contributed by atoms with Crippen molar-refractivity contribution in [2.45, 2.75) is 0 Å². The van der Waals surface area contributed by atoms with Crippen LogP contribution >= 0.6 is 0 Å². The van der Waals surface area contributed by atoms with Gasteiger partial charge in [-0.2, -0.15) is 0 Å². The molecule has 0 unspecified atom stereocenters. The fourth-order valence-electron chi connectivity index (χ4n) is 6.30. The number of carboxylic acids is 4. The zero-order chi connectivity index (χ0) is 36.0. The Balaban J connectivity index is 0.00000400. The minimum atomic E-state index is -1.45. The van der Waals surface area contributed by atoms with Gasteiger partial charge in [0.25, 0.3) is 0 Å². The van der Waals surface area contributed by atoms with E-state index in [1.165, 1.54) is 72.8 Å². The summed E-state index contributed by atoms with van der Waals surface area (Å²) >= 11 is 0. The van der Waals surface area contributed by atoms with Gasteiger partial charge >= 0.3 is 17.1 Å². The van der Waals surface area contributed by atoms with E-state index in [1.54, 1.807) is 0 Å². The summed E-state index contributed by atoms with van der Waals surface area (Å²) in [6, 6.07) is 16.6. The van der Waals surface area contributed by atoms with Crippen molar-refractivity contribution in [3.63, 3.8) is 0 Å². The van der Waals surface area contributed by atoms with Crippen molar-refractivity contribution < 1.29 is 56.7 Å². The Kier molecular flexibility index (Phi) is 7.35. The molecule has 0 saturated heterocycles. The average Bonchev–Trinajstić information content (AvgIpc) is 3.85. The van der Waals surface area contributed by atoms with Crippen LogP contribution in [0, 0.1) is 0 Å². The minimum absolute atomic E-state index is 0. The molecule has 0 aliphatic carbocycles. The molecule has 8 bridgehead atoms. The Morgan fingerprint density at radius 3 is 1.11 bits per heavy atom. The molecular formula is C36H14FeN8O8. The number of carbonyl (C=O) groups excluding carboxylic acids is 4. The molecule has 0 amide bonds. The Hall–Kier alpha value is -7.36. The second-order valence-electron chi connectivity index (χ2n) is 11.8. The first-order valence-corrected chi connectivity index (χ1v) is 15.3. The Bertz CT molecular complexity index is 3010. The smallest absolute Gasteiger partial charge is 0.545 e. The largest absolute Gasteiger partial charge is 4.00 e. The number of aromatic amines is 2. The Morgan fingerprint density at radius 1 is 0.377 bits per heavy atom. The van der Waals surface area contributed by atoms with Crippen molar-refractivity contribution in [3.05, 3.63) is 95.1 Å². The van der Waals surface area contributed by atoms with Gasteiger partial charge in [0, 0.05) is 43.8 Å². The number of rotatable bonds is 4. The number of hydrogen-bond donors (Lipinski definition) is 2. The first kappa shape index (κ1) is 32.8. The van der Waals surface area contributed by atoms with E-state index >= 15 is 0 Å². The maximum Gasteiger partial charge on any atom is 4.00 e. The van der Waals surface area contributed by atoms with E-state index < -0.39 is 23.9 Å². The zero-order valence-corrected chi connectivity index (χ0v) is 27.3. The fraction of sp³-hybridized carbons (Fsp3) is 0. The van der Waals surface area contributed by atoms with Crippen LogP contribution in [-0.4, -0.2) is 63.7 Å². The molecule has 0 fully saturated rings. The SMILES string of the molecule is O=C([O-])c1ccc2c(c1)-c1nc3nc(nc4[nH]c(nc5[nH]c(nc-2n1)c1cc(C(=O)[O-])ccc51)c1ccc(C(=O)[O-])cc41)-c1cc(C(=O)[O-])ccc1-3.[Fe+4]. The summed E-state index contributed by atoms with van der Waals surface area (Å²) in [6.45, 7) is 0. The van der Waals surface area contributed by atoms with E-state index in [-0.39, 0.29) is 96.3 Å². The standard InChI is InChI=1S/C36H18N8O8.Fe/c45-33(46)13-1-5-17-21(9-13)29-38-25(17)37-26-18-6-2-15(35(49)50)11-23(18)31(39-26)44-32-24-12-16(36(51)52)4-8-20(24)28(43-32)42-30-22-10-14(34(47)48)3-7-19(22)27(40-29)41-30;/h1-12H,(H,45,46)(H,47,48)(H,49,50)(H,51,52)(H2,37,38,39,40,41,42,43,44);/q;+4/p-4. The van der Waals surface area contributed by atoms with Crippen molar-refractivity contribution in [2.75, 3.05) is 0 Å². The predicted molar refractivity (Wildman–Crippen MR) is 173 cm³/mol. The summed E-state index contributed by atoms with van der Waals surface area (Å²) in [6.07, 6.45) is 0. The molecule has 53 heavy (non-hydrogen) atoms. The average molecular weight is 742 g/mol. The maximum atomic E-state index is 11.9. The number of benzene rings is 4. The summed E-state index contributed by atoms with van der Waals surface area (Å²) in [7, 11) is 0. The summed E-state index contributed by atoms with van der Waals surface area (Å²) in [4.78, 5) is 81.8. The van der Waals surface area contributed by atoms with Crippen molar-refractivity contribution >= 4 is 68.0 Å². The number of carboxylic acid groups (broad SMARTS) is 4. The third-order valence-electron chi connectivity index (χ3n) is 8.77. The van der Waals surface area contributed by atoms with Crippen LogP contribution in [0.15, 0.2) is 72.8 Å². The van der Waals surface area contributed by atoms with Gasteiger partial charge in [-0.05, 0) is 70.8 Å². The zero-order valence-electron chi connectivity index (χ0n) is 26.2. The molecular weight excluding hydrogens is 728 g/mol. The van der Waals surface area contributed by atoms with Gasteiger partial charge in [0.15, 0.2) is 23.3 Å². The van der Waals surface area contributed by atoms with Gasteiger partial charge in [-0.15, -0.1) is 0 Å². The van der Waals surface area contributed by atoms with Crippen LogP contribution in [0.4, 0.5) is 0 Å². The predicted octanol–water partition coefficient (Wildman–Crippen LogP) is 0.321. The number of hydrogen-bond acceptors (Lipinski definition) is 14. The van der Waals surface area contributed by atoms with Crippen LogP contribution < -0.4 is 20.4 Å². The molecule has 2 N–H and O–H groups in total. The van der Waals surface area contributed by atoms with Crippen molar-refractivity contribution in [2.24, 2.45) is 0 Å². The quantitative estimate of drug-likeness (QED) is 0.230. The van der Waals surface area contributed by atoms with Crippen LogP contribution in [0.25, 0.3) is 89.7 Å². The summed E-state index contributed by atoms with van der Waals surface area (Å²) in [5, 5.41) is 49.0. The fourth-order valence-corrected chi connectivity index (χ4v) is 6.30. The molecule has 17 heteroatoms. The van der Waals surface area contributed by atoms with Gasteiger partial charge in [0.05, 0.1) is 23.9 Å². The molecule has 254 valence electrons. The first-order valence-electron chi connectivity index (χ1n) is 15.3. The number of aromatic nitrogens is 8. The van der Waals surface area contributed by atoms with E-state index in [0.29, 0.717) is 32.7 Å². The Labute approximate surface area is 304 Å². The van der Waals surface area contributed by atoms with Gasteiger partial charge in [-0.1, -0.05) is 24.3 Å². The molecule has 2 aliphatic rings. The maximum absolute atomic E-state index is 11.9. The van der Waals surface area contributed by atoms with E-state index in [9.17, 15) is 39.6 Å². The molecule has 3 aromatic heterocycles. The molecule has 0 saturated carbocycles. The van der Waals surface area contributed by atoms with Crippen LogP contribution in [-0.2, 0) is 17.1 Å². The molecule has 9 rings (SSSR count). The number of nitrogens with one attached hydrogen (secondary N) is 2. The Morgan fingerprint density at radius 2 is 0.698 bits per heavy atom. The van der Waals surface area contributed by atoms with Crippen molar-refractivity contribution in [3.8, 4) is 45.6 Å². The normalized spacial score (nSPS) is 11.5. The van der Waals surface area contributed by atoms with Gasteiger partial charge in [0.2, 0.25) is 0 Å². The van der Waals surface area contributed by atoms with E-state index in [1.807, 2.05) is 0 Å². The van der Waals surface area contributed by atoms with E-state index in [0.717, 1.165) is 0 Å².